The fourth-order valence-electron chi connectivity index (χ4n) is 4.30. The molecule has 2 saturated carbocycles. The number of carbonyl (C=O) groups excluding carboxylic acids is 1. The van der Waals surface area contributed by atoms with Crippen LogP contribution in [0.25, 0.3) is 10.9 Å². The van der Waals surface area contributed by atoms with Crippen LogP contribution in [-0.2, 0) is 0 Å². The Hall–Kier alpha value is -2.10. The van der Waals surface area contributed by atoms with E-state index >= 15 is 0 Å². The van der Waals surface area contributed by atoms with Crippen molar-refractivity contribution < 1.29 is 4.79 Å². The summed E-state index contributed by atoms with van der Waals surface area (Å²) in [6.45, 7) is 2.06. The van der Waals surface area contributed by atoms with E-state index in [0.29, 0.717) is 11.5 Å². The molecule has 3 unspecified atom stereocenters. The van der Waals surface area contributed by atoms with Crippen molar-refractivity contribution in [1.82, 2.24) is 10.4 Å². The molecule has 2 N–H and O–H groups in total. The Balaban J connectivity index is 1.49. The van der Waals surface area contributed by atoms with E-state index in [0.717, 1.165) is 28.5 Å². The molecular weight excluding hydrogens is 274 g/mol. The number of nitrogens with one attached hydrogen (secondary N) is 2. The van der Waals surface area contributed by atoms with Crippen molar-refractivity contribution in [2.75, 3.05) is 0 Å². The van der Waals surface area contributed by atoms with E-state index in [1.165, 1.54) is 25.7 Å². The van der Waals surface area contributed by atoms with Gasteiger partial charge in [-0.3, -0.25) is 4.79 Å². The lowest BCUT2D eigenvalue weighted by atomic mass is 9.86. The molecule has 0 radical (unpaired) electrons. The van der Waals surface area contributed by atoms with Gasteiger partial charge in [-0.05, 0) is 44.1 Å². The zero-order valence-corrected chi connectivity index (χ0v) is 12.8. The Bertz CT molecular complexity index is 746. The molecule has 4 heteroatoms. The SMILES string of the molecule is C/C(=N/NC(=O)c1c[nH]c2ccccc12)C1CC2CCC1C2. The molecular formula is C18H21N3O. The molecule has 0 saturated heterocycles. The Morgan fingerprint density at radius 3 is 2.91 bits per heavy atom. The van der Waals surface area contributed by atoms with Crippen LogP contribution in [0.5, 0.6) is 0 Å². The summed E-state index contributed by atoms with van der Waals surface area (Å²) < 4.78 is 0. The van der Waals surface area contributed by atoms with Gasteiger partial charge in [0, 0.05) is 28.7 Å². The molecule has 1 amide bonds. The first-order valence-corrected chi connectivity index (χ1v) is 8.13. The number of hydrogen-bond donors (Lipinski definition) is 2. The number of hydrazone groups is 1. The average Bonchev–Trinajstić information content (AvgIpc) is 3.26. The fourth-order valence-corrected chi connectivity index (χ4v) is 4.30. The number of para-hydroxylation sites is 1. The molecule has 3 atom stereocenters. The second kappa shape index (κ2) is 5.27. The average molecular weight is 295 g/mol. The zero-order valence-electron chi connectivity index (χ0n) is 12.8. The molecule has 1 aromatic carbocycles. The predicted molar refractivity (Wildman–Crippen MR) is 87.8 cm³/mol. The summed E-state index contributed by atoms with van der Waals surface area (Å²) in [5.74, 6) is 2.12. The smallest absolute Gasteiger partial charge is 0.273 e. The number of aromatic amines is 1. The maximum absolute atomic E-state index is 12.4. The number of aromatic nitrogens is 1. The largest absolute Gasteiger partial charge is 0.360 e. The van der Waals surface area contributed by atoms with Gasteiger partial charge >= 0.3 is 0 Å². The summed E-state index contributed by atoms with van der Waals surface area (Å²) in [6, 6.07) is 7.82. The number of hydrogen-bond acceptors (Lipinski definition) is 2. The van der Waals surface area contributed by atoms with E-state index in [1.54, 1.807) is 6.20 Å². The summed E-state index contributed by atoms with van der Waals surface area (Å²) >= 11 is 0. The monoisotopic (exact) mass is 295 g/mol. The summed E-state index contributed by atoms with van der Waals surface area (Å²) in [6.07, 6.45) is 7.08. The van der Waals surface area contributed by atoms with Gasteiger partial charge < -0.3 is 4.98 Å². The van der Waals surface area contributed by atoms with Crippen molar-refractivity contribution in [2.45, 2.75) is 32.6 Å². The molecule has 4 nitrogen and oxygen atoms in total. The summed E-state index contributed by atoms with van der Waals surface area (Å²) in [5, 5.41) is 5.33. The van der Waals surface area contributed by atoms with Crippen LogP contribution in [0, 0.1) is 17.8 Å². The lowest BCUT2D eigenvalue weighted by Crippen LogP contribution is -2.24. The molecule has 22 heavy (non-hydrogen) atoms. The van der Waals surface area contributed by atoms with Gasteiger partial charge in [0.1, 0.15) is 0 Å². The van der Waals surface area contributed by atoms with Crippen molar-refractivity contribution >= 4 is 22.5 Å². The second-order valence-electron chi connectivity index (χ2n) is 6.72. The molecule has 2 fully saturated rings. The van der Waals surface area contributed by atoms with E-state index in [4.69, 9.17) is 0 Å². The molecule has 2 aliphatic carbocycles. The normalized spacial score (nSPS) is 27.5. The van der Waals surface area contributed by atoms with Crippen LogP contribution in [0.4, 0.5) is 0 Å². The molecule has 0 spiro atoms. The van der Waals surface area contributed by atoms with Crippen LogP contribution in [0.1, 0.15) is 43.0 Å². The molecule has 2 aromatic rings. The number of benzene rings is 1. The van der Waals surface area contributed by atoms with Crippen LogP contribution in [0.15, 0.2) is 35.6 Å². The molecule has 4 rings (SSSR count). The number of H-pyrrole nitrogens is 1. The first kappa shape index (κ1) is 13.6. The van der Waals surface area contributed by atoms with Gasteiger partial charge in [-0.1, -0.05) is 24.6 Å². The molecule has 0 aliphatic heterocycles. The van der Waals surface area contributed by atoms with Crippen molar-refractivity contribution in [3.63, 3.8) is 0 Å². The van der Waals surface area contributed by atoms with Gasteiger partial charge in [-0.2, -0.15) is 5.10 Å². The highest BCUT2D eigenvalue weighted by molar-refractivity contribution is 6.07. The van der Waals surface area contributed by atoms with Gasteiger partial charge in [-0.15, -0.1) is 0 Å². The quantitative estimate of drug-likeness (QED) is 0.658. The van der Waals surface area contributed by atoms with E-state index in [9.17, 15) is 4.79 Å². The van der Waals surface area contributed by atoms with Crippen LogP contribution in [0.2, 0.25) is 0 Å². The lowest BCUT2D eigenvalue weighted by molar-refractivity contribution is 0.0956. The number of rotatable bonds is 3. The Labute approximate surface area is 130 Å². The Morgan fingerprint density at radius 1 is 1.27 bits per heavy atom. The van der Waals surface area contributed by atoms with Gasteiger partial charge in [0.25, 0.3) is 5.91 Å². The number of amides is 1. The van der Waals surface area contributed by atoms with Crippen LogP contribution in [-0.4, -0.2) is 16.6 Å². The minimum atomic E-state index is -0.139. The summed E-state index contributed by atoms with van der Waals surface area (Å²) in [7, 11) is 0. The van der Waals surface area contributed by atoms with Gasteiger partial charge in [0.15, 0.2) is 0 Å². The van der Waals surface area contributed by atoms with Crippen LogP contribution in [0.3, 0.4) is 0 Å². The van der Waals surface area contributed by atoms with Crippen molar-refractivity contribution in [2.24, 2.45) is 22.9 Å². The van der Waals surface area contributed by atoms with Crippen molar-refractivity contribution in [1.29, 1.82) is 0 Å². The highest BCUT2D eigenvalue weighted by Crippen LogP contribution is 2.48. The van der Waals surface area contributed by atoms with E-state index in [1.807, 2.05) is 24.3 Å². The fraction of sp³-hybridized carbons (Fsp3) is 0.444. The minimum absolute atomic E-state index is 0.139. The third-order valence-corrected chi connectivity index (χ3v) is 5.44. The number of fused-ring (bicyclic) bond motifs is 3. The standard InChI is InChI=1S/C18H21N3O/c1-11(15-9-12-6-7-13(15)8-12)20-21-18(22)16-10-19-17-5-3-2-4-14(16)17/h2-5,10,12-13,15,19H,6-9H2,1H3,(H,21,22)/b20-11-. The lowest BCUT2D eigenvalue weighted by Gasteiger charge is -2.21. The predicted octanol–water partition coefficient (Wildman–Crippen LogP) is 3.71. The summed E-state index contributed by atoms with van der Waals surface area (Å²) in [4.78, 5) is 15.5. The summed E-state index contributed by atoms with van der Waals surface area (Å²) in [5.41, 5.74) is 5.45. The molecule has 1 heterocycles. The first-order valence-electron chi connectivity index (χ1n) is 8.13. The number of nitrogens with zero attached hydrogens (tertiary/aromatic N) is 1. The molecule has 1 aromatic heterocycles. The van der Waals surface area contributed by atoms with Gasteiger partial charge in [0.2, 0.25) is 0 Å². The zero-order chi connectivity index (χ0) is 15.1. The molecule has 2 aliphatic rings. The van der Waals surface area contributed by atoms with Gasteiger partial charge in [0.05, 0.1) is 5.56 Å². The third-order valence-electron chi connectivity index (χ3n) is 5.44. The maximum atomic E-state index is 12.4. The van der Waals surface area contributed by atoms with Crippen LogP contribution < -0.4 is 5.43 Å². The van der Waals surface area contributed by atoms with E-state index in [2.05, 4.69) is 22.4 Å². The third kappa shape index (κ3) is 2.23. The Morgan fingerprint density at radius 2 is 2.14 bits per heavy atom. The second-order valence-corrected chi connectivity index (χ2v) is 6.72. The van der Waals surface area contributed by atoms with Gasteiger partial charge in [-0.25, -0.2) is 5.43 Å². The van der Waals surface area contributed by atoms with Crippen LogP contribution >= 0.6 is 0 Å². The van der Waals surface area contributed by atoms with E-state index in [-0.39, 0.29) is 5.91 Å². The molecule has 114 valence electrons. The Kier molecular flexibility index (Phi) is 3.25. The highest BCUT2D eigenvalue weighted by Gasteiger charge is 2.40. The maximum Gasteiger partial charge on any atom is 0.273 e. The topological polar surface area (TPSA) is 57.2 Å². The highest BCUT2D eigenvalue weighted by atomic mass is 16.2. The number of carbonyl (C=O) groups is 1. The first-order chi connectivity index (χ1) is 10.7. The molecule has 2 bridgehead atoms. The van der Waals surface area contributed by atoms with E-state index < -0.39 is 0 Å². The minimum Gasteiger partial charge on any atom is -0.360 e. The van der Waals surface area contributed by atoms with Crippen molar-refractivity contribution in [3.8, 4) is 0 Å². The van der Waals surface area contributed by atoms with Crippen molar-refractivity contribution in [3.05, 3.63) is 36.0 Å².